The maximum Gasteiger partial charge on any atom is 0.118 e. The molecule has 1 aromatic carbocycles. The zero-order valence-corrected chi connectivity index (χ0v) is 14.7. The van der Waals surface area contributed by atoms with Crippen LogP contribution < -0.4 is 4.74 Å². The lowest BCUT2D eigenvalue weighted by molar-refractivity contribution is 0.0818. The molecule has 0 saturated carbocycles. The summed E-state index contributed by atoms with van der Waals surface area (Å²) in [7, 11) is 4.02. The monoisotopic (exact) mass is 317 g/mol. The summed E-state index contributed by atoms with van der Waals surface area (Å²) >= 11 is 0. The Morgan fingerprint density at radius 3 is 2.30 bits per heavy atom. The number of likely N-dealkylation sites (tertiary alicyclic amines) is 1. The first kappa shape index (κ1) is 16.7. The third-order valence-electron chi connectivity index (χ3n) is 5.42. The van der Waals surface area contributed by atoms with Crippen molar-refractivity contribution < 1.29 is 4.74 Å². The van der Waals surface area contributed by atoms with E-state index in [-0.39, 0.29) is 0 Å². The number of benzene rings is 1. The number of hydrogen-bond acceptors (Lipinski definition) is 4. The molecule has 2 aliphatic heterocycles. The summed E-state index contributed by atoms with van der Waals surface area (Å²) in [5.74, 6) is 0.940. The standard InChI is InChI=1S/C19H31N3O/c1-20-10-4-3-5-18(20)16-22-13-11-21(12-14-22)15-17-6-8-19(23-2)9-7-17/h6-9,18H,3-5,10-16H2,1-2H3. The summed E-state index contributed by atoms with van der Waals surface area (Å²) in [4.78, 5) is 7.80. The minimum absolute atomic E-state index is 0.775. The van der Waals surface area contributed by atoms with Crippen LogP contribution in [-0.2, 0) is 6.54 Å². The number of ether oxygens (including phenoxy) is 1. The second-order valence-corrected chi connectivity index (χ2v) is 7.06. The molecule has 0 aliphatic carbocycles. The lowest BCUT2D eigenvalue weighted by Crippen LogP contribution is -2.51. The van der Waals surface area contributed by atoms with E-state index in [4.69, 9.17) is 4.74 Å². The zero-order chi connectivity index (χ0) is 16.1. The van der Waals surface area contributed by atoms with Crippen LogP contribution in [0.3, 0.4) is 0 Å². The molecule has 0 spiro atoms. The van der Waals surface area contributed by atoms with E-state index in [2.05, 4.69) is 46.0 Å². The normalized spacial score (nSPS) is 24.7. The summed E-state index contributed by atoms with van der Waals surface area (Å²) in [6, 6.07) is 9.26. The summed E-state index contributed by atoms with van der Waals surface area (Å²) in [6.07, 6.45) is 4.16. The van der Waals surface area contributed by atoms with Gasteiger partial charge in [-0.15, -0.1) is 0 Å². The van der Waals surface area contributed by atoms with Gasteiger partial charge in [0, 0.05) is 45.3 Å². The quantitative estimate of drug-likeness (QED) is 0.829. The van der Waals surface area contributed by atoms with Crippen LogP contribution in [0.4, 0.5) is 0 Å². The molecular weight excluding hydrogens is 286 g/mol. The van der Waals surface area contributed by atoms with E-state index in [1.807, 2.05) is 0 Å². The highest BCUT2D eigenvalue weighted by atomic mass is 16.5. The topological polar surface area (TPSA) is 19.0 Å². The molecule has 0 bridgehead atoms. The van der Waals surface area contributed by atoms with Crippen molar-refractivity contribution in [3.05, 3.63) is 29.8 Å². The first-order valence-electron chi connectivity index (χ1n) is 9.02. The van der Waals surface area contributed by atoms with Gasteiger partial charge >= 0.3 is 0 Å². The third kappa shape index (κ3) is 4.69. The van der Waals surface area contributed by atoms with Crippen molar-refractivity contribution in [1.29, 1.82) is 0 Å². The Labute approximate surface area is 141 Å². The van der Waals surface area contributed by atoms with Gasteiger partial charge in [0.2, 0.25) is 0 Å². The van der Waals surface area contributed by atoms with Crippen LogP contribution in [0.25, 0.3) is 0 Å². The van der Waals surface area contributed by atoms with Crippen LogP contribution >= 0.6 is 0 Å². The second kappa shape index (κ2) is 8.13. The van der Waals surface area contributed by atoms with Crippen LogP contribution in [0, 0.1) is 0 Å². The number of methoxy groups -OCH3 is 1. The van der Waals surface area contributed by atoms with Crippen LogP contribution in [0.2, 0.25) is 0 Å². The molecule has 1 aromatic rings. The Morgan fingerprint density at radius 2 is 1.65 bits per heavy atom. The molecule has 0 aromatic heterocycles. The van der Waals surface area contributed by atoms with E-state index < -0.39 is 0 Å². The highest BCUT2D eigenvalue weighted by Gasteiger charge is 2.24. The number of likely N-dealkylation sites (N-methyl/N-ethyl adjacent to an activating group) is 1. The van der Waals surface area contributed by atoms with Gasteiger partial charge in [-0.1, -0.05) is 18.6 Å². The largest absolute Gasteiger partial charge is 0.497 e. The molecule has 4 heteroatoms. The van der Waals surface area contributed by atoms with E-state index in [9.17, 15) is 0 Å². The average molecular weight is 317 g/mol. The fourth-order valence-electron chi connectivity index (χ4n) is 3.79. The number of rotatable bonds is 5. The molecule has 0 N–H and O–H groups in total. The van der Waals surface area contributed by atoms with Gasteiger partial charge in [-0.3, -0.25) is 9.80 Å². The molecular formula is C19H31N3O. The Kier molecular flexibility index (Phi) is 5.92. The lowest BCUT2D eigenvalue weighted by Gasteiger charge is -2.40. The van der Waals surface area contributed by atoms with Gasteiger partial charge in [0.1, 0.15) is 5.75 Å². The fraction of sp³-hybridized carbons (Fsp3) is 0.684. The van der Waals surface area contributed by atoms with Gasteiger partial charge in [-0.25, -0.2) is 0 Å². The summed E-state index contributed by atoms with van der Waals surface area (Å²) < 4.78 is 5.23. The van der Waals surface area contributed by atoms with Crippen molar-refractivity contribution in [3.63, 3.8) is 0 Å². The molecule has 4 nitrogen and oxygen atoms in total. The number of piperidine rings is 1. The van der Waals surface area contributed by atoms with Crippen molar-refractivity contribution in [2.24, 2.45) is 0 Å². The molecule has 128 valence electrons. The van der Waals surface area contributed by atoms with Gasteiger partial charge in [0.05, 0.1) is 7.11 Å². The lowest BCUT2D eigenvalue weighted by atomic mass is 10.0. The van der Waals surface area contributed by atoms with E-state index in [0.29, 0.717) is 0 Å². The molecule has 1 unspecified atom stereocenters. The van der Waals surface area contributed by atoms with Crippen molar-refractivity contribution in [2.45, 2.75) is 31.8 Å². The fourth-order valence-corrected chi connectivity index (χ4v) is 3.79. The molecule has 23 heavy (non-hydrogen) atoms. The van der Waals surface area contributed by atoms with Crippen molar-refractivity contribution >= 4 is 0 Å². The third-order valence-corrected chi connectivity index (χ3v) is 5.42. The molecule has 2 heterocycles. The second-order valence-electron chi connectivity index (χ2n) is 7.06. The van der Waals surface area contributed by atoms with Crippen molar-refractivity contribution in [3.8, 4) is 5.75 Å². The number of hydrogen-bond donors (Lipinski definition) is 0. The molecule has 1 atom stereocenters. The highest BCUT2D eigenvalue weighted by Crippen LogP contribution is 2.18. The van der Waals surface area contributed by atoms with Gasteiger partial charge < -0.3 is 9.64 Å². The first-order chi connectivity index (χ1) is 11.2. The Hall–Kier alpha value is -1.10. The predicted octanol–water partition coefficient (Wildman–Crippen LogP) is 2.30. The smallest absolute Gasteiger partial charge is 0.118 e. The summed E-state index contributed by atoms with van der Waals surface area (Å²) in [5, 5.41) is 0. The summed E-state index contributed by atoms with van der Waals surface area (Å²) in [6.45, 7) is 8.38. The summed E-state index contributed by atoms with van der Waals surface area (Å²) in [5.41, 5.74) is 1.38. The van der Waals surface area contributed by atoms with Crippen molar-refractivity contribution in [1.82, 2.24) is 14.7 Å². The van der Waals surface area contributed by atoms with Crippen LogP contribution in [-0.4, -0.2) is 74.2 Å². The SMILES string of the molecule is COc1ccc(CN2CCN(CC3CCCCN3C)CC2)cc1. The van der Waals surface area contributed by atoms with E-state index in [1.165, 1.54) is 64.1 Å². The van der Waals surface area contributed by atoms with E-state index >= 15 is 0 Å². The first-order valence-corrected chi connectivity index (χ1v) is 9.02. The average Bonchev–Trinajstić information content (AvgIpc) is 2.59. The molecule has 2 aliphatic rings. The van der Waals surface area contributed by atoms with Crippen molar-refractivity contribution in [2.75, 3.05) is 53.4 Å². The Bertz CT molecular complexity index is 468. The van der Waals surface area contributed by atoms with E-state index in [1.54, 1.807) is 7.11 Å². The maximum atomic E-state index is 5.23. The minimum atomic E-state index is 0.775. The molecule has 2 saturated heterocycles. The van der Waals surface area contributed by atoms with Gasteiger partial charge in [0.15, 0.2) is 0 Å². The van der Waals surface area contributed by atoms with Gasteiger partial charge in [-0.2, -0.15) is 0 Å². The highest BCUT2D eigenvalue weighted by molar-refractivity contribution is 5.27. The molecule has 3 rings (SSSR count). The number of nitrogens with zero attached hydrogens (tertiary/aromatic N) is 3. The maximum absolute atomic E-state index is 5.23. The number of piperazine rings is 1. The Morgan fingerprint density at radius 1 is 0.957 bits per heavy atom. The van der Waals surface area contributed by atoms with Gasteiger partial charge in [-0.05, 0) is 44.1 Å². The van der Waals surface area contributed by atoms with E-state index in [0.717, 1.165) is 18.3 Å². The molecule has 0 radical (unpaired) electrons. The minimum Gasteiger partial charge on any atom is -0.497 e. The molecule has 2 fully saturated rings. The predicted molar refractivity (Wildman–Crippen MR) is 95.0 cm³/mol. The zero-order valence-electron chi connectivity index (χ0n) is 14.7. The van der Waals surface area contributed by atoms with Crippen LogP contribution in [0.15, 0.2) is 24.3 Å². The Balaban J connectivity index is 1.42. The molecule has 0 amide bonds. The van der Waals surface area contributed by atoms with Crippen LogP contribution in [0.5, 0.6) is 5.75 Å². The van der Waals surface area contributed by atoms with Gasteiger partial charge in [0.25, 0.3) is 0 Å². The van der Waals surface area contributed by atoms with Crippen LogP contribution in [0.1, 0.15) is 24.8 Å².